The van der Waals surface area contributed by atoms with Crippen molar-refractivity contribution < 1.29 is 0 Å². The van der Waals surface area contributed by atoms with Crippen LogP contribution in [0.1, 0.15) is 36.9 Å². The molecule has 2 aromatic rings. The summed E-state index contributed by atoms with van der Waals surface area (Å²) in [5.41, 5.74) is 9.32. The summed E-state index contributed by atoms with van der Waals surface area (Å²) < 4.78 is 2.11. The fourth-order valence-corrected chi connectivity index (χ4v) is 4.59. The second-order valence-electron chi connectivity index (χ2n) is 7.82. The molecule has 0 aliphatic carbocycles. The molecule has 6 nitrogen and oxygen atoms in total. The maximum absolute atomic E-state index is 4.38. The van der Waals surface area contributed by atoms with Crippen molar-refractivity contribution >= 4 is 5.69 Å². The molecule has 1 unspecified atom stereocenters. The van der Waals surface area contributed by atoms with Gasteiger partial charge in [-0.05, 0) is 43.0 Å². The smallest absolute Gasteiger partial charge is 0.0772 e. The first kappa shape index (κ1) is 16.3. The van der Waals surface area contributed by atoms with E-state index in [0.717, 1.165) is 38.8 Å². The Morgan fingerprint density at radius 3 is 2.42 bits per heavy atom. The van der Waals surface area contributed by atoms with Gasteiger partial charge in [-0.1, -0.05) is 12.1 Å². The normalized spacial score (nSPS) is 25.5. The number of benzene rings is 1. The predicted molar refractivity (Wildman–Crippen MR) is 103 cm³/mol. The van der Waals surface area contributed by atoms with Crippen molar-refractivity contribution in [3.05, 3.63) is 48.3 Å². The summed E-state index contributed by atoms with van der Waals surface area (Å²) >= 11 is 0. The van der Waals surface area contributed by atoms with Gasteiger partial charge in [0, 0.05) is 62.9 Å². The average Bonchev–Trinajstić information content (AvgIpc) is 3.36. The van der Waals surface area contributed by atoms with Crippen LogP contribution in [0, 0.1) is 0 Å². The van der Waals surface area contributed by atoms with Gasteiger partial charge in [0.2, 0.25) is 0 Å². The van der Waals surface area contributed by atoms with Gasteiger partial charge >= 0.3 is 0 Å². The van der Waals surface area contributed by atoms with Gasteiger partial charge in [-0.15, -0.1) is 0 Å². The van der Waals surface area contributed by atoms with E-state index < -0.39 is 0 Å². The quantitative estimate of drug-likeness (QED) is 0.881. The summed E-state index contributed by atoms with van der Waals surface area (Å²) in [7, 11) is 0. The molecule has 0 radical (unpaired) electrons. The molecule has 0 spiro atoms. The number of piperidine rings is 1. The Morgan fingerprint density at radius 2 is 1.77 bits per heavy atom. The van der Waals surface area contributed by atoms with E-state index >= 15 is 0 Å². The summed E-state index contributed by atoms with van der Waals surface area (Å²) in [6.07, 6.45) is 7.67. The molecule has 4 heterocycles. The number of nitrogens with zero attached hydrogens (tertiary/aromatic N) is 4. The molecule has 6 heteroatoms. The van der Waals surface area contributed by atoms with E-state index in [1.807, 2.05) is 12.3 Å². The molecular formula is C20H28N6. The van der Waals surface area contributed by atoms with E-state index in [0.29, 0.717) is 12.1 Å². The Kier molecular flexibility index (Phi) is 4.40. The van der Waals surface area contributed by atoms with Gasteiger partial charge in [0.1, 0.15) is 0 Å². The van der Waals surface area contributed by atoms with Crippen molar-refractivity contribution in [1.82, 2.24) is 25.5 Å². The van der Waals surface area contributed by atoms with E-state index in [1.54, 1.807) is 0 Å². The Hall–Kier alpha value is -1.89. The van der Waals surface area contributed by atoms with Crippen LogP contribution in [0.5, 0.6) is 0 Å². The maximum atomic E-state index is 4.38. The Morgan fingerprint density at radius 1 is 0.962 bits per heavy atom. The van der Waals surface area contributed by atoms with Gasteiger partial charge in [0.05, 0.1) is 6.04 Å². The SMILES string of the molecule is c1cnn(C2CN(C3CCN(c4ccc(C5CCNN5)cc4)CC3)C2)c1. The van der Waals surface area contributed by atoms with Crippen molar-refractivity contribution in [2.75, 3.05) is 37.6 Å². The minimum atomic E-state index is 0.462. The summed E-state index contributed by atoms with van der Waals surface area (Å²) in [5.74, 6) is 0. The van der Waals surface area contributed by atoms with Crippen molar-refractivity contribution in [2.45, 2.75) is 37.4 Å². The third-order valence-electron chi connectivity index (χ3n) is 6.27. The van der Waals surface area contributed by atoms with Crippen molar-refractivity contribution in [3.8, 4) is 0 Å². The third-order valence-corrected chi connectivity index (χ3v) is 6.27. The molecule has 0 saturated carbocycles. The predicted octanol–water partition coefficient (Wildman–Crippen LogP) is 1.95. The number of aromatic nitrogens is 2. The van der Waals surface area contributed by atoms with E-state index in [2.05, 4.69) is 60.9 Å². The highest BCUT2D eigenvalue weighted by molar-refractivity contribution is 5.48. The van der Waals surface area contributed by atoms with Crippen LogP contribution < -0.4 is 15.8 Å². The molecule has 138 valence electrons. The number of anilines is 1. The van der Waals surface area contributed by atoms with Crippen LogP contribution in [0.2, 0.25) is 0 Å². The van der Waals surface area contributed by atoms with Crippen LogP contribution in [0.25, 0.3) is 0 Å². The third kappa shape index (κ3) is 3.13. The van der Waals surface area contributed by atoms with Crippen LogP contribution >= 0.6 is 0 Å². The van der Waals surface area contributed by atoms with E-state index in [1.165, 1.54) is 30.5 Å². The molecule has 26 heavy (non-hydrogen) atoms. The molecule has 3 fully saturated rings. The average molecular weight is 352 g/mol. The van der Waals surface area contributed by atoms with Crippen molar-refractivity contribution in [1.29, 1.82) is 0 Å². The molecule has 1 aromatic heterocycles. The molecule has 3 aliphatic heterocycles. The lowest BCUT2D eigenvalue weighted by Gasteiger charge is -2.47. The fourth-order valence-electron chi connectivity index (χ4n) is 4.59. The molecule has 0 bridgehead atoms. The van der Waals surface area contributed by atoms with E-state index in [9.17, 15) is 0 Å². The lowest BCUT2D eigenvalue weighted by molar-refractivity contribution is 0.0418. The van der Waals surface area contributed by atoms with E-state index in [4.69, 9.17) is 0 Å². The van der Waals surface area contributed by atoms with Crippen LogP contribution in [0.4, 0.5) is 5.69 Å². The van der Waals surface area contributed by atoms with Crippen LogP contribution in [-0.4, -0.2) is 53.4 Å². The number of hydrogen-bond acceptors (Lipinski definition) is 5. The summed E-state index contributed by atoms with van der Waals surface area (Å²) in [5, 5.41) is 4.38. The number of rotatable bonds is 4. The molecule has 5 rings (SSSR count). The zero-order valence-corrected chi connectivity index (χ0v) is 15.2. The second kappa shape index (κ2) is 7.02. The van der Waals surface area contributed by atoms with E-state index in [-0.39, 0.29) is 0 Å². The minimum absolute atomic E-state index is 0.462. The van der Waals surface area contributed by atoms with Gasteiger partial charge in [-0.3, -0.25) is 20.4 Å². The largest absolute Gasteiger partial charge is 0.371 e. The van der Waals surface area contributed by atoms with Crippen molar-refractivity contribution in [2.24, 2.45) is 0 Å². The number of hydrogen-bond donors (Lipinski definition) is 2. The number of nitrogens with one attached hydrogen (secondary N) is 2. The molecule has 1 atom stereocenters. The summed E-state index contributed by atoms with van der Waals surface area (Å²) in [4.78, 5) is 5.19. The molecule has 2 N–H and O–H groups in total. The van der Waals surface area contributed by atoms with Gasteiger partial charge in [-0.25, -0.2) is 0 Å². The molecule has 1 aromatic carbocycles. The molecule has 3 saturated heterocycles. The second-order valence-corrected chi connectivity index (χ2v) is 7.82. The Bertz CT molecular complexity index is 692. The highest BCUT2D eigenvalue weighted by Crippen LogP contribution is 2.30. The molecule has 0 amide bonds. The Labute approximate surface area is 155 Å². The van der Waals surface area contributed by atoms with Crippen LogP contribution in [-0.2, 0) is 0 Å². The van der Waals surface area contributed by atoms with Gasteiger partial charge in [0.15, 0.2) is 0 Å². The fraction of sp³-hybridized carbons (Fsp3) is 0.550. The summed E-state index contributed by atoms with van der Waals surface area (Å²) in [6, 6.07) is 13.0. The first-order valence-corrected chi connectivity index (χ1v) is 9.93. The monoisotopic (exact) mass is 352 g/mol. The first-order chi connectivity index (χ1) is 12.9. The van der Waals surface area contributed by atoms with Gasteiger partial charge in [-0.2, -0.15) is 5.10 Å². The Balaban J connectivity index is 1.13. The highest BCUT2D eigenvalue weighted by atomic mass is 15.4. The first-order valence-electron chi connectivity index (χ1n) is 9.93. The lowest BCUT2D eigenvalue weighted by Crippen LogP contribution is -2.55. The minimum Gasteiger partial charge on any atom is -0.371 e. The van der Waals surface area contributed by atoms with Gasteiger partial charge in [0.25, 0.3) is 0 Å². The standard InChI is InChI=1S/C20H28N6/c1-9-22-26(11-1)19-14-25(15-19)18-7-12-24(13-8-18)17-4-2-16(3-5-17)20-6-10-21-23-20/h1-5,9,11,18-21,23H,6-8,10,12-15H2. The number of hydrazine groups is 1. The zero-order valence-electron chi connectivity index (χ0n) is 15.2. The zero-order chi connectivity index (χ0) is 17.3. The lowest BCUT2D eigenvalue weighted by atomic mass is 9.97. The molecular weight excluding hydrogens is 324 g/mol. The maximum Gasteiger partial charge on any atom is 0.0772 e. The molecule has 3 aliphatic rings. The van der Waals surface area contributed by atoms with Gasteiger partial charge < -0.3 is 4.90 Å². The highest BCUT2D eigenvalue weighted by Gasteiger charge is 2.35. The number of likely N-dealkylation sites (tertiary alicyclic amines) is 1. The van der Waals surface area contributed by atoms with Crippen molar-refractivity contribution in [3.63, 3.8) is 0 Å². The summed E-state index contributed by atoms with van der Waals surface area (Å²) in [6.45, 7) is 5.69. The van der Waals surface area contributed by atoms with Crippen LogP contribution in [0.3, 0.4) is 0 Å². The van der Waals surface area contributed by atoms with Crippen LogP contribution in [0.15, 0.2) is 42.7 Å². The topological polar surface area (TPSA) is 48.4 Å².